The Labute approximate surface area is 194 Å². The van der Waals surface area contributed by atoms with Crippen LogP contribution in [0.15, 0.2) is 54.6 Å². The number of nitrogens with zero attached hydrogens (tertiary/aromatic N) is 3. The lowest BCUT2D eigenvalue weighted by atomic mass is 10.1. The molecular formula is C26H29N3O4. The maximum absolute atomic E-state index is 12.7. The van der Waals surface area contributed by atoms with Gasteiger partial charge in [0.25, 0.3) is 11.8 Å². The molecule has 0 N–H and O–H groups in total. The maximum Gasteiger partial charge on any atom is 0.261 e. The van der Waals surface area contributed by atoms with E-state index in [-0.39, 0.29) is 36.6 Å². The highest BCUT2D eigenvalue weighted by atomic mass is 16.2. The molecule has 172 valence electrons. The molecule has 0 aromatic heterocycles. The monoisotopic (exact) mass is 447 g/mol. The second kappa shape index (κ2) is 10.4. The summed E-state index contributed by atoms with van der Waals surface area (Å²) in [6.07, 6.45) is 2.64. The second-order valence-electron chi connectivity index (χ2n) is 8.51. The van der Waals surface area contributed by atoms with E-state index in [2.05, 4.69) is 0 Å². The lowest BCUT2D eigenvalue weighted by molar-refractivity contribution is -0.133. The Balaban J connectivity index is 1.21. The van der Waals surface area contributed by atoms with Gasteiger partial charge in [-0.25, -0.2) is 0 Å². The summed E-state index contributed by atoms with van der Waals surface area (Å²) in [4.78, 5) is 55.1. The third kappa shape index (κ3) is 5.30. The average molecular weight is 448 g/mol. The van der Waals surface area contributed by atoms with Crippen LogP contribution in [-0.2, 0) is 16.0 Å². The Hall–Kier alpha value is -3.48. The van der Waals surface area contributed by atoms with Gasteiger partial charge in [-0.2, -0.15) is 0 Å². The van der Waals surface area contributed by atoms with Crippen LogP contribution in [0, 0.1) is 0 Å². The standard InChI is InChI=1S/C26H29N3O4/c30-23(12-6-17-29-25(32)21-10-4-5-11-22(21)26(29)33)27-15-7-16-28(19-18-27)24(31)14-13-20-8-2-1-3-9-20/h1-5,8-11H,6-7,12-19H2. The number of benzene rings is 2. The highest BCUT2D eigenvalue weighted by molar-refractivity contribution is 6.21. The molecule has 0 bridgehead atoms. The molecule has 7 heteroatoms. The van der Waals surface area contributed by atoms with E-state index in [9.17, 15) is 19.2 Å². The van der Waals surface area contributed by atoms with Crippen molar-refractivity contribution in [3.63, 3.8) is 0 Å². The number of carbonyl (C=O) groups excluding carboxylic acids is 4. The molecule has 0 saturated carbocycles. The van der Waals surface area contributed by atoms with Gasteiger partial charge in [0.05, 0.1) is 11.1 Å². The van der Waals surface area contributed by atoms with Crippen molar-refractivity contribution >= 4 is 23.6 Å². The van der Waals surface area contributed by atoms with Crippen LogP contribution in [0.2, 0.25) is 0 Å². The van der Waals surface area contributed by atoms with Crippen LogP contribution in [0.25, 0.3) is 0 Å². The normalized spacial score (nSPS) is 16.1. The summed E-state index contributed by atoms with van der Waals surface area (Å²) in [7, 11) is 0. The molecule has 4 rings (SSSR count). The Morgan fingerprint density at radius 1 is 0.697 bits per heavy atom. The van der Waals surface area contributed by atoms with Gasteiger partial charge in [0.1, 0.15) is 0 Å². The van der Waals surface area contributed by atoms with E-state index in [0.29, 0.717) is 50.1 Å². The van der Waals surface area contributed by atoms with Crippen LogP contribution in [0.1, 0.15) is 52.0 Å². The molecule has 0 atom stereocenters. The van der Waals surface area contributed by atoms with Crippen molar-refractivity contribution in [1.82, 2.24) is 14.7 Å². The predicted octanol–water partition coefficient (Wildman–Crippen LogP) is 2.76. The molecular weight excluding hydrogens is 418 g/mol. The molecule has 7 nitrogen and oxygen atoms in total. The van der Waals surface area contributed by atoms with Crippen LogP contribution in [0.5, 0.6) is 0 Å². The van der Waals surface area contributed by atoms with E-state index in [1.165, 1.54) is 4.90 Å². The number of hydrogen-bond donors (Lipinski definition) is 0. The number of aryl methyl sites for hydroxylation is 1. The van der Waals surface area contributed by atoms with E-state index < -0.39 is 0 Å². The van der Waals surface area contributed by atoms with Gasteiger partial charge in [-0.3, -0.25) is 24.1 Å². The number of imide groups is 1. The van der Waals surface area contributed by atoms with E-state index in [1.807, 2.05) is 35.2 Å². The number of rotatable bonds is 7. The number of fused-ring (bicyclic) bond motifs is 1. The minimum absolute atomic E-state index is 0.00481. The molecule has 2 aromatic rings. The summed E-state index contributed by atoms with van der Waals surface area (Å²) in [6, 6.07) is 16.8. The van der Waals surface area contributed by atoms with Gasteiger partial charge in [0, 0.05) is 45.6 Å². The molecule has 2 heterocycles. The minimum atomic E-state index is -0.289. The third-order valence-corrected chi connectivity index (χ3v) is 6.32. The summed E-state index contributed by atoms with van der Waals surface area (Å²) in [5.41, 5.74) is 2.01. The Morgan fingerprint density at radius 2 is 1.24 bits per heavy atom. The zero-order valence-corrected chi connectivity index (χ0v) is 18.7. The van der Waals surface area contributed by atoms with Gasteiger partial charge < -0.3 is 9.80 Å². The lowest BCUT2D eigenvalue weighted by Crippen LogP contribution is -2.38. The second-order valence-corrected chi connectivity index (χ2v) is 8.51. The highest BCUT2D eigenvalue weighted by Crippen LogP contribution is 2.22. The molecule has 1 fully saturated rings. The number of carbonyl (C=O) groups is 4. The molecule has 0 radical (unpaired) electrons. The van der Waals surface area contributed by atoms with Crippen LogP contribution < -0.4 is 0 Å². The van der Waals surface area contributed by atoms with Crippen LogP contribution in [0.4, 0.5) is 0 Å². The smallest absolute Gasteiger partial charge is 0.261 e. The van der Waals surface area contributed by atoms with Crippen molar-refractivity contribution in [2.24, 2.45) is 0 Å². The van der Waals surface area contributed by atoms with Gasteiger partial charge >= 0.3 is 0 Å². The van der Waals surface area contributed by atoms with Crippen LogP contribution >= 0.6 is 0 Å². The van der Waals surface area contributed by atoms with Crippen molar-refractivity contribution in [3.8, 4) is 0 Å². The lowest BCUT2D eigenvalue weighted by Gasteiger charge is -2.22. The summed E-state index contributed by atoms with van der Waals surface area (Å²) in [5.74, 6) is -0.450. The SMILES string of the molecule is O=C(CCCN1C(=O)c2ccccc2C1=O)N1CCCN(C(=O)CCc2ccccc2)CC1. The molecule has 0 spiro atoms. The van der Waals surface area contributed by atoms with E-state index >= 15 is 0 Å². The molecule has 2 aromatic carbocycles. The zero-order chi connectivity index (χ0) is 23.2. The highest BCUT2D eigenvalue weighted by Gasteiger charge is 2.34. The van der Waals surface area contributed by atoms with E-state index in [4.69, 9.17) is 0 Å². The van der Waals surface area contributed by atoms with Crippen molar-refractivity contribution in [1.29, 1.82) is 0 Å². The van der Waals surface area contributed by atoms with Gasteiger partial charge in [0.15, 0.2) is 0 Å². The van der Waals surface area contributed by atoms with Gasteiger partial charge in [-0.1, -0.05) is 42.5 Å². The predicted molar refractivity (Wildman–Crippen MR) is 124 cm³/mol. The van der Waals surface area contributed by atoms with Crippen molar-refractivity contribution < 1.29 is 19.2 Å². The quantitative estimate of drug-likeness (QED) is 0.612. The Bertz CT molecular complexity index is 1000. The van der Waals surface area contributed by atoms with Crippen molar-refractivity contribution in [3.05, 3.63) is 71.3 Å². The molecule has 4 amide bonds. The topological polar surface area (TPSA) is 78.0 Å². The number of amides is 4. The molecule has 2 aliphatic rings. The Morgan fingerprint density at radius 3 is 1.85 bits per heavy atom. The summed E-state index contributed by atoms with van der Waals surface area (Å²) in [5, 5.41) is 0. The van der Waals surface area contributed by atoms with Crippen LogP contribution in [-0.4, -0.2) is 71.1 Å². The Kier molecular flexibility index (Phi) is 7.17. The molecule has 0 unspecified atom stereocenters. The fraction of sp³-hybridized carbons (Fsp3) is 0.385. The largest absolute Gasteiger partial charge is 0.341 e. The van der Waals surface area contributed by atoms with Gasteiger partial charge in [-0.05, 0) is 37.0 Å². The van der Waals surface area contributed by atoms with Crippen molar-refractivity contribution in [2.45, 2.75) is 32.1 Å². The summed E-state index contributed by atoms with van der Waals surface area (Å²) >= 11 is 0. The van der Waals surface area contributed by atoms with Crippen LogP contribution in [0.3, 0.4) is 0 Å². The average Bonchev–Trinajstić information content (AvgIpc) is 3.01. The van der Waals surface area contributed by atoms with Crippen molar-refractivity contribution in [2.75, 3.05) is 32.7 Å². The summed E-state index contributed by atoms with van der Waals surface area (Å²) in [6.45, 7) is 2.57. The first-order chi connectivity index (χ1) is 16.0. The first-order valence-electron chi connectivity index (χ1n) is 11.6. The first kappa shape index (κ1) is 22.7. The fourth-order valence-corrected chi connectivity index (χ4v) is 4.46. The molecule has 1 saturated heterocycles. The maximum atomic E-state index is 12.7. The number of hydrogen-bond acceptors (Lipinski definition) is 4. The summed E-state index contributed by atoms with van der Waals surface area (Å²) < 4.78 is 0. The first-order valence-corrected chi connectivity index (χ1v) is 11.6. The van der Waals surface area contributed by atoms with Gasteiger partial charge in [0.2, 0.25) is 11.8 Å². The molecule has 2 aliphatic heterocycles. The van der Waals surface area contributed by atoms with E-state index in [1.54, 1.807) is 29.2 Å². The molecule has 0 aliphatic carbocycles. The molecule has 33 heavy (non-hydrogen) atoms. The van der Waals surface area contributed by atoms with Gasteiger partial charge in [-0.15, -0.1) is 0 Å². The third-order valence-electron chi connectivity index (χ3n) is 6.32. The minimum Gasteiger partial charge on any atom is -0.341 e. The van der Waals surface area contributed by atoms with E-state index in [0.717, 1.165) is 18.4 Å². The fourth-order valence-electron chi connectivity index (χ4n) is 4.46. The zero-order valence-electron chi connectivity index (χ0n) is 18.7.